The zero-order chi connectivity index (χ0) is 24.5. The molecule has 0 unspecified atom stereocenters. The highest BCUT2D eigenvalue weighted by molar-refractivity contribution is 7.17. The standard InChI is InChI=1S/C29H34N4O2S/c1-35-23-8-9-25-21(19-23)20-26(30-25)29(34)33-12-3-2-5-22(33)10-13-31-14-16-32(17-15-31)27-6-4-7-28-24(27)11-18-36-28/h4,6-9,11,18-20,22,30H,2-3,5,10,12-17H2,1H3/t22-/m0/s1. The number of aromatic amines is 1. The normalized spacial score (nSPS) is 19.3. The van der Waals surface area contributed by atoms with Gasteiger partial charge >= 0.3 is 0 Å². The summed E-state index contributed by atoms with van der Waals surface area (Å²) in [6, 6.07) is 17.1. The van der Waals surface area contributed by atoms with Crippen molar-refractivity contribution in [3.63, 3.8) is 0 Å². The van der Waals surface area contributed by atoms with Gasteiger partial charge in [-0.1, -0.05) is 6.07 Å². The summed E-state index contributed by atoms with van der Waals surface area (Å²) in [5.74, 6) is 0.937. The summed E-state index contributed by atoms with van der Waals surface area (Å²) in [4.78, 5) is 24.1. The second-order valence-electron chi connectivity index (χ2n) is 10.0. The molecule has 2 aromatic heterocycles. The van der Waals surface area contributed by atoms with Crippen LogP contribution in [0.15, 0.2) is 53.9 Å². The summed E-state index contributed by atoms with van der Waals surface area (Å²) in [6.45, 7) is 6.16. The maximum Gasteiger partial charge on any atom is 0.270 e. The van der Waals surface area contributed by atoms with E-state index < -0.39 is 0 Å². The number of nitrogens with one attached hydrogen (secondary N) is 1. The first-order chi connectivity index (χ1) is 17.7. The van der Waals surface area contributed by atoms with Gasteiger partial charge in [-0.3, -0.25) is 9.69 Å². The zero-order valence-electron chi connectivity index (χ0n) is 20.9. The van der Waals surface area contributed by atoms with Crippen LogP contribution in [-0.2, 0) is 0 Å². The Labute approximate surface area is 216 Å². The third-order valence-corrected chi connectivity index (χ3v) is 8.79. The van der Waals surface area contributed by atoms with Gasteiger partial charge in [0.05, 0.1) is 7.11 Å². The van der Waals surface area contributed by atoms with E-state index in [2.05, 4.69) is 49.3 Å². The lowest BCUT2D eigenvalue weighted by Gasteiger charge is -2.39. The molecule has 188 valence electrons. The lowest BCUT2D eigenvalue weighted by molar-refractivity contribution is 0.0577. The Bertz CT molecular complexity index is 1350. The molecule has 36 heavy (non-hydrogen) atoms. The predicted octanol–water partition coefficient (Wildman–Crippen LogP) is 5.60. The molecule has 4 aromatic rings. The van der Waals surface area contributed by atoms with Crippen LogP contribution in [0, 0.1) is 0 Å². The van der Waals surface area contributed by atoms with Crippen LogP contribution >= 0.6 is 11.3 Å². The predicted molar refractivity (Wildman–Crippen MR) is 149 cm³/mol. The highest BCUT2D eigenvalue weighted by Gasteiger charge is 2.29. The van der Waals surface area contributed by atoms with Crippen molar-refractivity contribution in [1.82, 2.24) is 14.8 Å². The van der Waals surface area contributed by atoms with Gasteiger partial charge in [0.15, 0.2) is 0 Å². The number of fused-ring (bicyclic) bond motifs is 2. The number of likely N-dealkylation sites (tertiary alicyclic amines) is 1. The number of piperidine rings is 1. The van der Waals surface area contributed by atoms with Crippen molar-refractivity contribution >= 4 is 43.9 Å². The molecule has 6 nitrogen and oxygen atoms in total. The smallest absolute Gasteiger partial charge is 0.270 e. The Balaban J connectivity index is 1.07. The number of ether oxygens (including phenoxy) is 1. The van der Waals surface area contributed by atoms with Gasteiger partial charge in [-0.15, -0.1) is 11.3 Å². The van der Waals surface area contributed by atoms with Crippen molar-refractivity contribution in [3.05, 3.63) is 59.6 Å². The van der Waals surface area contributed by atoms with E-state index in [-0.39, 0.29) is 5.91 Å². The fourth-order valence-electron chi connectivity index (χ4n) is 5.87. The zero-order valence-corrected chi connectivity index (χ0v) is 21.7. The van der Waals surface area contributed by atoms with Crippen molar-refractivity contribution in [1.29, 1.82) is 0 Å². The summed E-state index contributed by atoms with van der Waals surface area (Å²) < 4.78 is 6.71. The molecule has 0 saturated carbocycles. The van der Waals surface area contributed by atoms with Crippen LogP contribution in [0.4, 0.5) is 5.69 Å². The molecule has 4 heterocycles. The molecule has 7 heteroatoms. The molecule has 2 aromatic carbocycles. The number of anilines is 1. The van der Waals surface area contributed by atoms with E-state index in [1.165, 1.54) is 22.2 Å². The van der Waals surface area contributed by atoms with Gasteiger partial charge in [-0.25, -0.2) is 0 Å². The Kier molecular flexibility index (Phi) is 6.59. The van der Waals surface area contributed by atoms with Crippen molar-refractivity contribution in [2.45, 2.75) is 31.7 Å². The van der Waals surface area contributed by atoms with Gasteiger partial charge in [0, 0.05) is 72.0 Å². The number of aromatic nitrogens is 1. The van der Waals surface area contributed by atoms with Crippen molar-refractivity contribution < 1.29 is 9.53 Å². The Hall–Kier alpha value is -3.03. The molecular formula is C29H34N4O2S. The van der Waals surface area contributed by atoms with Crippen LogP contribution in [0.2, 0.25) is 0 Å². The molecule has 2 aliphatic rings. The molecule has 0 aliphatic carbocycles. The lowest BCUT2D eigenvalue weighted by Crippen LogP contribution is -2.49. The number of hydrogen-bond acceptors (Lipinski definition) is 5. The molecule has 2 aliphatic heterocycles. The van der Waals surface area contributed by atoms with Crippen LogP contribution in [0.5, 0.6) is 5.75 Å². The van der Waals surface area contributed by atoms with Crippen LogP contribution in [0.1, 0.15) is 36.2 Å². The van der Waals surface area contributed by atoms with Crippen LogP contribution in [0.25, 0.3) is 21.0 Å². The number of H-pyrrole nitrogens is 1. The number of hydrogen-bond donors (Lipinski definition) is 1. The summed E-state index contributed by atoms with van der Waals surface area (Å²) in [7, 11) is 1.67. The van der Waals surface area contributed by atoms with E-state index in [1.807, 2.05) is 35.6 Å². The van der Waals surface area contributed by atoms with E-state index in [4.69, 9.17) is 4.74 Å². The minimum absolute atomic E-state index is 0.128. The second-order valence-corrected chi connectivity index (χ2v) is 11.0. The average molecular weight is 503 g/mol. The van der Waals surface area contributed by atoms with Gasteiger partial charge in [-0.05, 0) is 73.5 Å². The van der Waals surface area contributed by atoms with E-state index >= 15 is 0 Å². The Morgan fingerprint density at radius 1 is 1.06 bits per heavy atom. The SMILES string of the molecule is COc1ccc2[nH]c(C(=O)N3CCCC[C@H]3CCN3CCN(c4cccc5sccc45)CC3)cc2c1. The quantitative estimate of drug-likeness (QED) is 0.373. The van der Waals surface area contributed by atoms with Crippen molar-refractivity contribution in [2.24, 2.45) is 0 Å². The molecule has 1 atom stereocenters. The molecule has 6 rings (SSSR count). The Morgan fingerprint density at radius 3 is 2.81 bits per heavy atom. The van der Waals surface area contributed by atoms with E-state index in [0.29, 0.717) is 11.7 Å². The van der Waals surface area contributed by atoms with E-state index in [1.54, 1.807) is 7.11 Å². The number of benzene rings is 2. The summed E-state index contributed by atoms with van der Waals surface area (Å²) in [5.41, 5.74) is 3.03. The summed E-state index contributed by atoms with van der Waals surface area (Å²) >= 11 is 1.82. The largest absolute Gasteiger partial charge is 0.497 e. The number of thiophene rings is 1. The Morgan fingerprint density at radius 2 is 1.94 bits per heavy atom. The van der Waals surface area contributed by atoms with Gasteiger partial charge in [0.2, 0.25) is 0 Å². The average Bonchev–Trinajstić information content (AvgIpc) is 3.58. The minimum Gasteiger partial charge on any atom is -0.497 e. The van der Waals surface area contributed by atoms with Gasteiger partial charge in [0.25, 0.3) is 5.91 Å². The molecule has 2 saturated heterocycles. The number of carbonyl (C=O) groups excluding carboxylic acids is 1. The van der Waals surface area contributed by atoms with Gasteiger partial charge in [-0.2, -0.15) is 0 Å². The van der Waals surface area contributed by atoms with Gasteiger partial charge < -0.3 is 19.5 Å². The maximum absolute atomic E-state index is 13.5. The topological polar surface area (TPSA) is 51.8 Å². The number of nitrogens with zero attached hydrogens (tertiary/aromatic N) is 3. The fraction of sp³-hybridized carbons (Fsp3) is 0.414. The van der Waals surface area contributed by atoms with Crippen LogP contribution < -0.4 is 9.64 Å². The number of amides is 1. The molecule has 0 spiro atoms. The first kappa shape index (κ1) is 23.4. The number of piperazine rings is 1. The summed E-state index contributed by atoms with van der Waals surface area (Å²) in [5, 5.41) is 4.58. The monoisotopic (exact) mass is 502 g/mol. The number of carbonyl (C=O) groups is 1. The third-order valence-electron chi connectivity index (χ3n) is 7.91. The van der Waals surface area contributed by atoms with Crippen LogP contribution in [0.3, 0.4) is 0 Å². The number of methoxy groups -OCH3 is 1. The summed E-state index contributed by atoms with van der Waals surface area (Å²) in [6.07, 6.45) is 4.43. The fourth-order valence-corrected chi connectivity index (χ4v) is 6.68. The van der Waals surface area contributed by atoms with Crippen molar-refractivity contribution in [2.75, 3.05) is 51.3 Å². The number of rotatable bonds is 6. The highest BCUT2D eigenvalue weighted by Crippen LogP contribution is 2.31. The molecule has 2 fully saturated rings. The molecule has 0 radical (unpaired) electrons. The first-order valence-corrected chi connectivity index (χ1v) is 14.0. The molecule has 1 amide bonds. The lowest BCUT2D eigenvalue weighted by atomic mass is 9.98. The molecule has 0 bridgehead atoms. The molecule has 1 N–H and O–H groups in total. The second kappa shape index (κ2) is 10.1. The molecular weight excluding hydrogens is 468 g/mol. The minimum atomic E-state index is 0.128. The van der Waals surface area contributed by atoms with E-state index in [9.17, 15) is 4.79 Å². The van der Waals surface area contributed by atoms with E-state index in [0.717, 1.165) is 75.2 Å². The highest BCUT2D eigenvalue weighted by atomic mass is 32.1. The van der Waals surface area contributed by atoms with Crippen molar-refractivity contribution in [3.8, 4) is 5.75 Å². The van der Waals surface area contributed by atoms with Gasteiger partial charge in [0.1, 0.15) is 11.4 Å². The van der Waals surface area contributed by atoms with Crippen LogP contribution in [-0.4, -0.2) is 73.1 Å². The first-order valence-electron chi connectivity index (χ1n) is 13.1. The maximum atomic E-state index is 13.5. The third kappa shape index (κ3) is 4.58.